The number of aromatic nitrogens is 1. The van der Waals surface area contributed by atoms with Gasteiger partial charge in [-0.15, -0.1) is 11.8 Å². The minimum Gasteiger partial charge on any atom is -0.337 e. The number of rotatable bonds is 6. The largest absolute Gasteiger partial charge is 0.337 e. The molecule has 0 N–H and O–H groups in total. The number of benzene rings is 1. The molecule has 144 valence electrons. The Bertz CT molecular complexity index is 771. The summed E-state index contributed by atoms with van der Waals surface area (Å²) in [6, 6.07) is 11.1. The minimum atomic E-state index is 0.0348. The zero-order valence-corrected chi connectivity index (χ0v) is 17.8. The summed E-state index contributed by atoms with van der Waals surface area (Å²) in [4.78, 5) is 20.2. The number of thioether (sulfide) groups is 1. The lowest BCUT2D eigenvalue weighted by Gasteiger charge is -2.31. The first-order valence-electron chi connectivity index (χ1n) is 9.40. The molecule has 6 heteroatoms. The summed E-state index contributed by atoms with van der Waals surface area (Å²) in [6.07, 6.45) is 4.67. The number of hydrogen-bond acceptors (Lipinski definition) is 3. The fraction of sp³-hybridized carbons (Fsp3) is 0.429. The molecule has 0 saturated carbocycles. The number of piperidine rings is 1. The van der Waals surface area contributed by atoms with Gasteiger partial charge in [0.2, 0.25) is 0 Å². The van der Waals surface area contributed by atoms with Gasteiger partial charge in [-0.05, 0) is 43.0 Å². The van der Waals surface area contributed by atoms with Gasteiger partial charge in [0.25, 0.3) is 5.91 Å². The molecule has 1 saturated heterocycles. The van der Waals surface area contributed by atoms with Gasteiger partial charge in [0.15, 0.2) is 0 Å². The van der Waals surface area contributed by atoms with Crippen LogP contribution in [0.25, 0.3) is 0 Å². The van der Waals surface area contributed by atoms with E-state index in [0.717, 1.165) is 42.4 Å². The lowest BCUT2D eigenvalue weighted by molar-refractivity contribution is 0.0680. The average Bonchev–Trinajstić information content (AvgIpc) is 2.68. The zero-order chi connectivity index (χ0) is 19.2. The number of nitrogens with zero attached hydrogens (tertiary/aromatic N) is 2. The van der Waals surface area contributed by atoms with Crippen LogP contribution in [-0.2, 0) is 5.75 Å². The third-order valence-electron chi connectivity index (χ3n) is 4.91. The highest BCUT2D eigenvalue weighted by Gasteiger charge is 2.24. The van der Waals surface area contributed by atoms with Crippen molar-refractivity contribution in [2.45, 2.75) is 43.3 Å². The van der Waals surface area contributed by atoms with Gasteiger partial charge < -0.3 is 4.90 Å². The number of likely N-dealkylation sites (tertiary alicyclic amines) is 1. The number of carbonyl (C=O) groups excluding carboxylic acids is 1. The summed E-state index contributed by atoms with van der Waals surface area (Å²) in [5, 5.41) is 1.27. The van der Waals surface area contributed by atoms with Crippen LogP contribution in [-0.4, -0.2) is 28.9 Å². The molecule has 1 aliphatic rings. The van der Waals surface area contributed by atoms with Crippen molar-refractivity contribution in [2.75, 3.05) is 13.1 Å². The average molecular weight is 423 g/mol. The number of carbonyl (C=O) groups is 1. The molecule has 0 radical (unpaired) electrons. The second-order valence-electron chi connectivity index (χ2n) is 6.88. The summed E-state index contributed by atoms with van der Waals surface area (Å²) in [5.41, 5.74) is 1.37. The van der Waals surface area contributed by atoms with Crippen molar-refractivity contribution in [1.82, 2.24) is 9.88 Å². The fourth-order valence-electron chi connectivity index (χ4n) is 3.44. The van der Waals surface area contributed by atoms with Gasteiger partial charge in [-0.3, -0.25) is 4.79 Å². The lowest BCUT2D eigenvalue weighted by atomic mass is 9.92. The van der Waals surface area contributed by atoms with Crippen LogP contribution in [0.3, 0.4) is 0 Å². The quantitative estimate of drug-likeness (QED) is 0.509. The van der Waals surface area contributed by atoms with Crippen LogP contribution in [0.15, 0.2) is 41.3 Å². The lowest BCUT2D eigenvalue weighted by Crippen LogP contribution is -2.38. The Morgan fingerprint density at radius 1 is 1.15 bits per heavy atom. The topological polar surface area (TPSA) is 33.2 Å². The second-order valence-corrected chi connectivity index (χ2v) is 8.68. The highest BCUT2D eigenvalue weighted by atomic mass is 35.5. The third kappa shape index (κ3) is 5.40. The van der Waals surface area contributed by atoms with E-state index in [2.05, 4.69) is 11.9 Å². The van der Waals surface area contributed by atoms with Crippen LogP contribution in [0, 0.1) is 5.92 Å². The van der Waals surface area contributed by atoms with Crippen molar-refractivity contribution in [3.05, 3.63) is 57.8 Å². The van der Waals surface area contributed by atoms with Crippen LogP contribution in [0.1, 0.15) is 48.8 Å². The normalized spacial score (nSPS) is 15.1. The second kappa shape index (κ2) is 9.81. The summed E-state index contributed by atoms with van der Waals surface area (Å²) in [7, 11) is 0. The van der Waals surface area contributed by atoms with E-state index < -0.39 is 0 Å². The summed E-state index contributed by atoms with van der Waals surface area (Å²) in [5.74, 6) is 1.41. The smallest absolute Gasteiger partial charge is 0.272 e. The highest BCUT2D eigenvalue weighted by Crippen LogP contribution is 2.35. The van der Waals surface area contributed by atoms with Crippen LogP contribution in [0.4, 0.5) is 0 Å². The van der Waals surface area contributed by atoms with Crippen molar-refractivity contribution in [1.29, 1.82) is 0 Å². The Morgan fingerprint density at radius 3 is 2.48 bits per heavy atom. The minimum absolute atomic E-state index is 0.0348. The molecule has 1 fully saturated rings. The molecule has 1 aliphatic heterocycles. The maximum atomic E-state index is 12.8. The van der Waals surface area contributed by atoms with Crippen LogP contribution in [0.2, 0.25) is 10.0 Å². The molecular formula is C21H24Cl2N2OS. The van der Waals surface area contributed by atoms with Gasteiger partial charge in [0, 0.05) is 23.7 Å². The Kier molecular flexibility index (Phi) is 7.45. The molecule has 0 bridgehead atoms. The van der Waals surface area contributed by atoms with Gasteiger partial charge in [0.05, 0.1) is 15.7 Å². The maximum Gasteiger partial charge on any atom is 0.272 e. The van der Waals surface area contributed by atoms with E-state index in [0.29, 0.717) is 21.5 Å². The molecule has 2 heterocycles. The van der Waals surface area contributed by atoms with Gasteiger partial charge in [-0.2, -0.15) is 0 Å². The van der Waals surface area contributed by atoms with Gasteiger partial charge in [0.1, 0.15) is 5.69 Å². The molecule has 3 nitrogen and oxygen atoms in total. The Hall–Kier alpha value is -1.23. The highest BCUT2D eigenvalue weighted by molar-refractivity contribution is 7.98. The van der Waals surface area contributed by atoms with Crippen LogP contribution >= 0.6 is 35.0 Å². The third-order valence-corrected chi connectivity index (χ3v) is 6.93. The first-order chi connectivity index (χ1) is 13.1. The number of halogens is 2. The van der Waals surface area contributed by atoms with Crippen molar-refractivity contribution in [3.63, 3.8) is 0 Å². The molecule has 2 aromatic rings. The molecule has 27 heavy (non-hydrogen) atoms. The van der Waals surface area contributed by atoms with Gasteiger partial charge in [-0.25, -0.2) is 4.98 Å². The van der Waals surface area contributed by atoms with Crippen LogP contribution < -0.4 is 0 Å². The molecule has 1 amide bonds. The number of amides is 1. The molecule has 1 aromatic carbocycles. The summed E-state index contributed by atoms with van der Waals surface area (Å²) >= 11 is 14.0. The van der Waals surface area contributed by atoms with Crippen molar-refractivity contribution < 1.29 is 4.79 Å². The Morgan fingerprint density at radius 2 is 1.81 bits per heavy atom. The van der Waals surface area contributed by atoms with E-state index in [4.69, 9.17) is 23.2 Å². The predicted molar refractivity (Wildman–Crippen MR) is 114 cm³/mol. The number of hydrogen-bond donors (Lipinski definition) is 0. The van der Waals surface area contributed by atoms with Crippen molar-refractivity contribution in [2.24, 2.45) is 5.92 Å². The Balaban J connectivity index is 1.63. The van der Waals surface area contributed by atoms with E-state index >= 15 is 0 Å². The van der Waals surface area contributed by atoms with E-state index in [9.17, 15) is 4.79 Å². The number of pyridine rings is 1. The molecule has 3 rings (SSSR count). The van der Waals surface area contributed by atoms with E-state index in [1.807, 2.05) is 35.2 Å². The monoisotopic (exact) mass is 422 g/mol. The van der Waals surface area contributed by atoms with Crippen molar-refractivity contribution >= 4 is 40.9 Å². The van der Waals surface area contributed by atoms with E-state index in [-0.39, 0.29) is 5.91 Å². The molecule has 1 aromatic heterocycles. The standard InChI is InChI=1S/C21H24Cl2N2OS/c1-2-5-15-10-12-25(13-11-15)21(26)19-9-3-6-16(24-19)14-27-20-17(22)7-4-8-18(20)23/h3-4,6-9,15H,2,5,10-14H2,1H3. The molecule has 0 aliphatic carbocycles. The Labute approximate surface area is 175 Å². The van der Waals surface area contributed by atoms with E-state index in [1.165, 1.54) is 24.6 Å². The van der Waals surface area contributed by atoms with Crippen LogP contribution in [0.5, 0.6) is 0 Å². The van der Waals surface area contributed by atoms with Gasteiger partial charge in [-0.1, -0.05) is 55.1 Å². The molecular weight excluding hydrogens is 399 g/mol. The fourth-order valence-corrected chi connectivity index (χ4v) is 5.03. The molecule has 0 unspecified atom stereocenters. The summed E-state index contributed by atoms with van der Waals surface area (Å²) in [6.45, 7) is 3.89. The SMILES string of the molecule is CCCC1CCN(C(=O)c2cccc(CSc3c(Cl)cccc3Cl)n2)CC1. The maximum absolute atomic E-state index is 12.8. The molecule has 0 spiro atoms. The van der Waals surface area contributed by atoms with E-state index in [1.54, 1.807) is 6.07 Å². The predicted octanol–water partition coefficient (Wildman–Crippen LogP) is 6.33. The first kappa shape index (κ1) is 20.5. The van der Waals surface area contributed by atoms with Gasteiger partial charge >= 0.3 is 0 Å². The molecule has 0 atom stereocenters. The first-order valence-corrected chi connectivity index (χ1v) is 11.1. The summed E-state index contributed by atoms with van der Waals surface area (Å²) < 4.78 is 0. The van der Waals surface area contributed by atoms with Crippen molar-refractivity contribution in [3.8, 4) is 0 Å². The zero-order valence-electron chi connectivity index (χ0n) is 15.5.